The standard InChI is InChI=1S/C22H22N2O8S/c1-11-15(12(2)32-24-11)9-30-14-7-5-13(6-8-14)20(25)31-10-16-17(21(26)28-3)19(23)33-18(16)22(27)29-4/h5-8H,9-10,23H2,1-4H3. The van der Waals surface area contributed by atoms with Crippen molar-refractivity contribution >= 4 is 34.2 Å². The van der Waals surface area contributed by atoms with Crippen molar-refractivity contribution in [1.82, 2.24) is 5.16 Å². The van der Waals surface area contributed by atoms with Crippen molar-refractivity contribution < 1.29 is 37.9 Å². The second-order valence-corrected chi connectivity index (χ2v) is 7.88. The lowest BCUT2D eigenvalue weighted by molar-refractivity contribution is 0.0452. The Hall–Kier alpha value is -3.86. The fourth-order valence-electron chi connectivity index (χ4n) is 2.98. The van der Waals surface area contributed by atoms with Crippen molar-refractivity contribution in [2.45, 2.75) is 27.1 Å². The Bertz CT molecular complexity index is 1160. The molecule has 3 rings (SSSR count). The van der Waals surface area contributed by atoms with E-state index in [9.17, 15) is 14.4 Å². The minimum absolute atomic E-state index is 0.0289. The van der Waals surface area contributed by atoms with Gasteiger partial charge < -0.3 is 29.2 Å². The van der Waals surface area contributed by atoms with Crippen LogP contribution >= 0.6 is 11.3 Å². The number of nitrogens with two attached hydrogens (primary N) is 1. The molecule has 1 aromatic carbocycles. The van der Waals surface area contributed by atoms with Gasteiger partial charge in [0.05, 0.1) is 31.0 Å². The number of carbonyl (C=O) groups is 3. The highest BCUT2D eigenvalue weighted by atomic mass is 32.1. The Morgan fingerprint density at radius 3 is 2.21 bits per heavy atom. The molecule has 0 radical (unpaired) electrons. The van der Waals surface area contributed by atoms with E-state index in [1.807, 2.05) is 6.92 Å². The second-order valence-electron chi connectivity index (χ2n) is 6.82. The van der Waals surface area contributed by atoms with E-state index in [1.54, 1.807) is 19.1 Å². The molecule has 0 aliphatic heterocycles. The number of nitrogen functional groups attached to an aromatic ring is 1. The zero-order chi connectivity index (χ0) is 24.1. The number of methoxy groups -OCH3 is 2. The van der Waals surface area contributed by atoms with Crippen molar-refractivity contribution in [1.29, 1.82) is 0 Å². The van der Waals surface area contributed by atoms with Crippen molar-refractivity contribution in [2.75, 3.05) is 20.0 Å². The van der Waals surface area contributed by atoms with Crippen LogP contribution in [0.4, 0.5) is 5.00 Å². The molecule has 11 heteroatoms. The van der Waals surface area contributed by atoms with Gasteiger partial charge in [-0.3, -0.25) is 0 Å². The molecule has 0 aliphatic rings. The summed E-state index contributed by atoms with van der Waals surface area (Å²) in [7, 11) is 2.38. The van der Waals surface area contributed by atoms with E-state index >= 15 is 0 Å². The number of carbonyl (C=O) groups excluding carboxylic acids is 3. The van der Waals surface area contributed by atoms with E-state index in [4.69, 9.17) is 29.2 Å². The van der Waals surface area contributed by atoms with Gasteiger partial charge in [-0.05, 0) is 38.1 Å². The van der Waals surface area contributed by atoms with E-state index in [0.29, 0.717) is 11.5 Å². The van der Waals surface area contributed by atoms with Gasteiger partial charge >= 0.3 is 17.9 Å². The third-order valence-electron chi connectivity index (χ3n) is 4.80. The zero-order valence-corrected chi connectivity index (χ0v) is 19.2. The average Bonchev–Trinajstić information content (AvgIpc) is 3.33. The topological polar surface area (TPSA) is 140 Å². The molecule has 2 heterocycles. The van der Waals surface area contributed by atoms with E-state index in [-0.39, 0.29) is 39.8 Å². The fraction of sp³-hybridized carbons (Fsp3) is 0.273. The number of thiophene rings is 1. The van der Waals surface area contributed by atoms with Crippen LogP contribution in [0.5, 0.6) is 5.75 Å². The summed E-state index contributed by atoms with van der Waals surface area (Å²) in [4.78, 5) is 36.8. The van der Waals surface area contributed by atoms with Gasteiger partial charge in [0.25, 0.3) is 0 Å². The van der Waals surface area contributed by atoms with Gasteiger partial charge in [-0.25, -0.2) is 14.4 Å². The molecular formula is C22H22N2O8S. The van der Waals surface area contributed by atoms with Crippen molar-refractivity contribution in [3.8, 4) is 5.75 Å². The van der Waals surface area contributed by atoms with Crippen LogP contribution in [0.1, 0.15) is 53.0 Å². The lowest BCUT2D eigenvalue weighted by atomic mass is 10.1. The number of esters is 3. The molecule has 0 saturated heterocycles. The molecule has 0 unspecified atom stereocenters. The van der Waals surface area contributed by atoms with Crippen LogP contribution in [0.2, 0.25) is 0 Å². The highest BCUT2D eigenvalue weighted by molar-refractivity contribution is 7.18. The molecule has 2 N–H and O–H groups in total. The molecule has 0 bridgehead atoms. The predicted octanol–water partition coefficient (Wildman–Crippen LogP) is 3.44. The summed E-state index contributed by atoms with van der Waals surface area (Å²) < 4.78 is 25.6. The van der Waals surface area contributed by atoms with Gasteiger partial charge in [0.2, 0.25) is 0 Å². The van der Waals surface area contributed by atoms with Gasteiger partial charge in [0.15, 0.2) is 0 Å². The molecule has 0 atom stereocenters. The highest BCUT2D eigenvalue weighted by Gasteiger charge is 2.28. The summed E-state index contributed by atoms with van der Waals surface area (Å²) in [5.41, 5.74) is 7.83. The molecule has 0 amide bonds. The lowest BCUT2D eigenvalue weighted by Crippen LogP contribution is -2.12. The maximum absolute atomic E-state index is 12.5. The van der Waals surface area contributed by atoms with Crippen LogP contribution < -0.4 is 10.5 Å². The summed E-state index contributed by atoms with van der Waals surface area (Å²) in [5, 5.41) is 3.94. The SMILES string of the molecule is COC(=O)c1sc(N)c(C(=O)OC)c1COC(=O)c1ccc(OCc2c(C)noc2C)cc1. The fourth-order valence-corrected chi connectivity index (χ4v) is 3.96. The van der Waals surface area contributed by atoms with Gasteiger partial charge in [-0.1, -0.05) is 5.16 Å². The van der Waals surface area contributed by atoms with Gasteiger partial charge in [-0.2, -0.15) is 0 Å². The van der Waals surface area contributed by atoms with Gasteiger partial charge in [0, 0.05) is 5.56 Å². The van der Waals surface area contributed by atoms with Crippen molar-refractivity contribution in [3.05, 3.63) is 62.9 Å². The highest BCUT2D eigenvalue weighted by Crippen LogP contribution is 2.33. The van der Waals surface area contributed by atoms with Crippen LogP contribution in [-0.2, 0) is 27.4 Å². The molecule has 0 spiro atoms. The minimum Gasteiger partial charge on any atom is -0.489 e. The number of ether oxygens (including phenoxy) is 4. The van der Waals surface area contributed by atoms with Gasteiger partial charge in [0.1, 0.15) is 40.2 Å². The van der Waals surface area contributed by atoms with Crippen LogP contribution in [0.25, 0.3) is 0 Å². The lowest BCUT2D eigenvalue weighted by Gasteiger charge is -2.09. The summed E-state index contributed by atoms with van der Waals surface area (Å²) in [5.74, 6) is -0.890. The largest absolute Gasteiger partial charge is 0.489 e. The Kier molecular flexibility index (Phi) is 7.34. The van der Waals surface area contributed by atoms with E-state index in [0.717, 1.165) is 22.6 Å². The monoisotopic (exact) mass is 474 g/mol. The summed E-state index contributed by atoms with van der Waals surface area (Å²) in [6, 6.07) is 6.32. The number of hydrogen-bond acceptors (Lipinski definition) is 11. The van der Waals surface area contributed by atoms with Crippen LogP contribution in [0.3, 0.4) is 0 Å². The normalized spacial score (nSPS) is 10.5. The molecule has 0 fully saturated rings. The molecule has 0 saturated carbocycles. The quantitative estimate of drug-likeness (QED) is 0.381. The Morgan fingerprint density at radius 2 is 1.64 bits per heavy atom. The van der Waals surface area contributed by atoms with E-state index in [2.05, 4.69) is 5.16 Å². The summed E-state index contributed by atoms with van der Waals surface area (Å²) >= 11 is 0.856. The number of nitrogens with zero attached hydrogens (tertiary/aromatic N) is 1. The third-order valence-corrected chi connectivity index (χ3v) is 5.84. The van der Waals surface area contributed by atoms with Crippen LogP contribution in [0.15, 0.2) is 28.8 Å². The summed E-state index contributed by atoms with van der Waals surface area (Å²) in [6.45, 7) is 3.53. The minimum atomic E-state index is -0.746. The Balaban J connectivity index is 1.70. The maximum atomic E-state index is 12.5. The number of benzene rings is 1. The second kappa shape index (κ2) is 10.2. The average molecular weight is 474 g/mol. The number of aryl methyl sites for hydroxylation is 2. The molecule has 3 aromatic rings. The third kappa shape index (κ3) is 5.14. The molecule has 2 aromatic heterocycles. The molecule has 10 nitrogen and oxygen atoms in total. The number of aromatic nitrogens is 1. The molecular weight excluding hydrogens is 452 g/mol. The maximum Gasteiger partial charge on any atom is 0.348 e. The molecule has 33 heavy (non-hydrogen) atoms. The molecule has 0 aliphatic carbocycles. The van der Waals surface area contributed by atoms with Crippen LogP contribution in [0, 0.1) is 13.8 Å². The number of anilines is 1. The smallest absolute Gasteiger partial charge is 0.348 e. The number of hydrogen-bond donors (Lipinski definition) is 1. The Morgan fingerprint density at radius 1 is 0.970 bits per heavy atom. The first-order valence-corrected chi connectivity index (χ1v) is 10.5. The molecule has 174 valence electrons. The summed E-state index contributed by atoms with van der Waals surface area (Å²) in [6.07, 6.45) is 0. The van der Waals surface area contributed by atoms with Gasteiger partial charge in [-0.15, -0.1) is 11.3 Å². The van der Waals surface area contributed by atoms with Crippen molar-refractivity contribution in [2.24, 2.45) is 0 Å². The zero-order valence-electron chi connectivity index (χ0n) is 18.4. The first kappa shape index (κ1) is 23.8. The Labute approximate surface area is 193 Å². The predicted molar refractivity (Wildman–Crippen MR) is 117 cm³/mol. The number of rotatable bonds is 8. The first-order valence-electron chi connectivity index (χ1n) is 9.66. The van der Waals surface area contributed by atoms with E-state index in [1.165, 1.54) is 26.4 Å². The van der Waals surface area contributed by atoms with Crippen LogP contribution in [-0.4, -0.2) is 37.3 Å². The van der Waals surface area contributed by atoms with E-state index < -0.39 is 17.9 Å². The first-order chi connectivity index (χ1) is 15.8. The van der Waals surface area contributed by atoms with Crippen molar-refractivity contribution in [3.63, 3.8) is 0 Å².